The predicted molar refractivity (Wildman–Crippen MR) is 90.9 cm³/mol. The monoisotopic (exact) mass is 304 g/mol. The van der Waals surface area contributed by atoms with Crippen LogP contribution < -0.4 is 5.32 Å². The Balaban J connectivity index is 2.57. The van der Waals surface area contributed by atoms with E-state index in [1.54, 1.807) is 11.8 Å². The molecule has 0 aromatic heterocycles. The molecule has 0 spiro atoms. The summed E-state index contributed by atoms with van der Waals surface area (Å²) in [5, 5.41) is 2.97. The summed E-state index contributed by atoms with van der Waals surface area (Å²) in [6.07, 6.45) is 2.34. The van der Waals surface area contributed by atoms with Crippen molar-refractivity contribution in [2.75, 3.05) is 18.4 Å². The second kappa shape index (κ2) is 9.23. The van der Waals surface area contributed by atoms with Crippen LogP contribution in [0.1, 0.15) is 58.4 Å². The minimum atomic E-state index is -0.0455. The van der Waals surface area contributed by atoms with E-state index in [4.69, 9.17) is 0 Å². The third kappa shape index (κ3) is 5.88. The van der Waals surface area contributed by atoms with Gasteiger partial charge < -0.3 is 10.2 Å². The number of carbonyl (C=O) groups is 2. The Morgan fingerprint density at radius 1 is 1.18 bits per heavy atom. The lowest BCUT2D eigenvalue weighted by Crippen LogP contribution is -2.32. The fraction of sp³-hybridized carbons (Fsp3) is 0.556. The molecule has 0 aliphatic rings. The van der Waals surface area contributed by atoms with Crippen molar-refractivity contribution < 1.29 is 9.59 Å². The molecule has 0 unspecified atom stereocenters. The minimum Gasteiger partial charge on any atom is -0.342 e. The van der Waals surface area contributed by atoms with Gasteiger partial charge in [-0.2, -0.15) is 0 Å². The summed E-state index contributed by atoms with van der Waals surface area (Å²) in [4.78, 5) is 25.4. The van der Waals surface area contributed by atoms with Crippen molar-refractivity contribution in [3.8, 4) is 0 Å². The Hall–Kier alpha value is -1.84. The maximum absolute atomic E-state index is 12.1. The van der Waals surface area contributed by atoms with Crippen molar-refractivity contribution in [2.24, 2.45) is 0 Å². The van der Waals surface area contributed by atoms with Gasteiger partial charge in [0.1, 0.15) is 0 Å². The molecular weight excluding hydrogens is 276 g/mol. The van der Waals surface area contributed by atoms with Gasteiger partial charge in [-0.3, -0.25) is 9.59 Å². The summed E-state index contributed by atoms with van der Waals surface area (Å²) in [6.45, 7) is 9.06. The van der Waals surface area contributed by atoms with Gasteiger partial charge in [0.05, 0.1) is 0 Å². The third-order valence-corrected chi connectivity index (χ3v) is 3.69. The van der Waals surface area contributed by atoms with Crippen LogP contribution in [0.3, 0.4) is 0 Å². The van der Waals surface area contributed by atoms with Gasteiger partial charge in [-0.1, -0.05) is 45.4 Å². The van der Waals surface area contributed by atoms with E-state index in [0.717, 1.165) is 30.6 Å². The van der Waals surface area contributed by atoms with Gasteiger partial charge in [0.2, 0.25) is 11.8 Å². The number of amides is 2. The van der Waals surface area contributed by atoms with Crippen LogP contribution in [0.25, 0.3) is 0 Å². The van der Waals surface area contributed by atoms with Crippen LogP contribution in [0.5, 0.6) is 0 Å². The van der Waals surface area contributed by atoms with Crippen LogP contribution >= 0.6 is 0 Å². The van der Waals surface area contributed by atoms with Crippen molar-refractivity contribution >= 4 is 17.5 Å². The van der Waals surface area contributed by atoms with Crippen LogP contribution in [0, 0.1) is 0 Å². The molecule has 0 heterocycles. The number of anilines is 1. The summed E-state index contributed by atoms with van der Waals surface area (Å²) >= 11 is 0. The van der Waals surface area contributed by atoms with E-state index in [0.29, 0.717) is 18.9 Å². The Morgan fingerprint density at radius 2 is 1.86 bits per heavy atom. The van der Waals surface area contributed by atoms with Crippen LogP contribution in [0.4, 0.5) is 5.69 Å². The second-order valence-electron chi connectivity index (χ2n) is 5.90. The van der Waals surface area contributed by atoms with E-state index in [1.165, 1.54) is 0 Å². The predicted octanol–water partition coefficient (Wildman–Crippen LogP) is 3.79. The molecule has 0 radical (unpaired) electrons. The van der Waals surface area contributed by atoms with Crippen molar-refractivity contribution in [3.63, 3.8) is 0 Å². The zero-order chi connectivity index (χ0) is 16.5. The molecule has 0 aliphatic heterocycles. The standard InChI is InChI=1S/C18H28N2O2/c1-5-6-12-20(15(4)21)13-11-18(22)19-17-10-8-7-9-16(17)14(2)3/h7-10,14H,5-6,11-13H2,1-4H3,(H,19,22). The van der Waals surface area contributed by atoms with Crippen LogP contribution in [-0.2, 0) is 9.59 Å². The topological polar surface area (TPSA) is 49.4 Å². The molecule has 0 fully saturated rings. The summed E-state index contributed by atoms with van der Waals surface area (Å²) in [5.41, 5.74) is 2.00. The van der Waals surface area contributed by atoms with Gasteiger partial charge in [-0.25, -0.2) is 0 Å². The van der Waals surface area contributed by atoms with E-state index < -0.39 is 0 Å². The number of hydrogen-bond donors (Lipinski definition) is 1. The number of hydrogen-bond acceptors (Lipinski definition) is 2. The lowest BCUT2D eigenvalue weighted by molar-refractivity contribution is -0.129. The van der Waals surface area contributed by atoms with E-state index >= 15 is 0 Å². The Bertz CT molecular complexity index is 498. The largest absolute Gasteiger partial charge is 0.342 e. The van der Waals surface area contributed by atoms with Crippen molar-refractivity contribution in [2.45, 2.75) is 52.9 Å². The summed E-state index contributed by atoms with van der Waals surface area (Å²) in [6, 6.07) is 7.86. The molecule has 2 amide bonds. The molecule has 0 saturated carbocycles. The van der Waals surface area contributed by atoms with Gasteiger partial charge >= 0.3 is 0 Å². The zero-order valence-corrected chi connectivity index (χ0v) is 14.2. The van der Waals surface area contributed by atoms with Crippen molar-refractivity contribution in [1.29, 1.82) is 0 Å². The van der Waals surface area contributed by atoms with Crippen molar-refractivity contribution in [3.05, 3.63) is 29.8 Å². The molecule has 122 valence electrons. The molecule has 4 heteroatoms. The highest BCUT2D eigenvalue weighted by Crippen LogP contribution is 2.23. The fourth-order valence-electron chi connectivity index (χ4n) is 2.34. The first-order valence-corrected chi connectivity index (χ1v) is 8.10. The molecule has 0 aliphatic carbocycles. The highest BCUT2D eigenvalue weighted by atomic mass is 16.2. The first-order valence-electron chi connectivity index (χ1n) is 8.10. The van der Waals surface area contributed by atoms with Gasteiger partial charge in [0, 0.05) is 32.1 Å². The van der Waals surface area contributed by atoms with Gasteiger partial charge in [-0.15, -0.1) is 0 Å². The SMILES string of the molecule is CCCCN(CCC(=O)Nc1ccccc1C(C)C)C(C)=O. The third-order valence-electron chi connectivity index (χ3n) is 3.69. The van der Waals surface area contributed by atoms with Crippen LogP contribution in [0.2, 0.25) is 0 Å². The zero-order valence-electron chi connectivity index (χ0n) is 14.2. The fourth-order valence-corrected chi connectivity index (χ4v) is 2.34. The minimum absolute atomic E-state index is 0.0313. The first kappa shape index (κ1) is 18.2. The Kier molecular flexibility index (Phi) is 7.64. The molecule has 1 aromatic rings. The number of carbonyl (C=O) groups excluding carboxylic acids is 2. The van der Waals surface area contributed by atoms with Crippen LogP contribution in [0.15, 0.2) is 24.3 Å². The molecular formula is C18H28N2O2. The average molecular weight is 304 g/mol. The number of nitrogens with one attached hydrogen (secondary N) is 1. The first-order chi connectivity index (χ1) is 10.5. The quantitative estimate of drug-likeness (QED) is 0.794. The molecule has 4 nitrogen and oxygen atoms in total. The molecule has 1 rings (SSSR count). The molecule has 0 saturated heterocycles. The highest BCUT2D eigenvalue weighted by Gasteiger charge is 2.12. The molecule has 1 N–H and O–H groups in total. The van der Waals surface area contributed by atoms with Gasteiger partial charge in [0.15, 0.2) is 0 Å². The normalized spacial score (nSPS) is 10.6. The lowest BCUT2D eigenvalue weighted by atomic mass is 10.0. The van der Waals surface area contributed by atoms with E-state index in [9.17, 15) is 9.59 Å². The molecule has 0 atom stereocenters. The van der Waals surface area contributed by atoms with Gasteiger partial charge in [-0.05, 0) is 24.0 Å². The summed E-state index contributed by atoms with van der Waals surface area (Å²) in [7, 11) is 0. The number of para-hydroxylation sites is 1. The van der Waals surface area contributed by atoms with Gasteiger partial charge in [0.25, 0.3) is 0 Å². The smallest absolute Gasteiger partial charge is 0.226 e. The highest BCUT2D eigenvalue weighted by molar-refractivity contribution is 5.92. The number of rotatable bonds is 8. The number of nitrogens with zero attached hydrogens (tertiary/aromatic N) is 1. The number of benzene rings is 1. The molecule has 22 heavy (non-hydrogen) atoms. The van der Waals surface area contributed by atoms with E-state index in [1.807, 2.05) is 24.3 Å². The van der Waals surface area contributed by atoms with E-state index in [-0.39, 0.29) is 11.8 Å². The number of unbranched alkanes of at least 4 members (excludes halogenated alkanes) is 1. The average Bonchev–Trinajstić information content (AvgIpc) is 2.47. The second-order valence-corrected chi connectivity index (χ2v) is 5.90. The summed E-state index contributed by atoms with van der Waals surface area (Å²) in [5.74, 6) is 0.342. The van der Waals surface area contributed by atoms with Crippen molar-refractivity contribution in [1.82, 2.24) is 4.90 Å². The molecule has 1 aromatic carbocycles. The Morgan fingerprint density at radius 3 is 2.45 bits per heavy atom. The van der Waals surface area contributed by atoms with E-state index in [2.05, 4.69) is 26.1 Å². The lowest BCUT2D eigenvalue weighted by Gasteiger charge is -2.21. The maximum atomic E-state index is 12.1. The molecule has 0 bridgehead atoms. The summed E-state index contributed by atoms with van der Waals surface area (Å²) < 4.78 is 0. The maximum Gasteiger partial charge on any atom is 0.226 e. The Labute approximate surface area is 133 Å². The van der Waals surface area contributed by atoms with Crippen LogP contribution in [-0.4, -0.2) is 29.8 Å².